The second-order valence-corrected chi connectivity index (χ2v) is 4.16. The van der Waals surface area contributed by atoms with E-state index in [9.17, 15) is 9.50 Å². The molecule has 82 valence electrons. The van der Waals surface area contributed by atoms with E-state index in [-0.39, 0.29) is 11.9 Å². The minimum atomic E-state index is -0.212. The Labute approximate surface area is 89.1 Å². The van der Waals surface area contributed by atoms with Crippen molar-refractivity contribution >= 4 is 5.69 Å². The smallest absolute Gasteiger partial charge is 0.125 e. The Balaban J connectivity index is 1.92. The number of anilines is 1. The van der Waals surface area contributed by atoms with Gasteiger partial charge in [-0.1, -0.05) is 6.07 Å². The molecule has 2 nitrogen and oxygen atoms in total. The average molecular weight is 209 g/mol. The van der Waals surface area contributed by atoms with Crippen molar-refractivity contribution in [3.05, 3.63) is 30.1 Å². The molecule has 0 aromatic heterocycles. The number of aliphatic hydroxyl groups excluding tert-OH is 1. The molecule has 3 heteroatoms. The van der Waals surface area contributed by atoms with E-state index in [0.29, 0.717) is 6.04 Å². The van der Waals surface area contributed by atoms with Crippen molar-refractivity contribution < 1.29 is 9.50 Å². The SMILES string of the molecule is OC1CCC(Nc2cccc(F)c2)CC1. The van der Waals surface area contributed by atoms with Crippen molar-refractivity contribution in [2.24, 2.45) is 0 Å². The number of nitrogens with one attached hydrogen (secondary N) is 1. The molecule has 2 N–H and O–H groups in total. The molecule has 0 atom stereocenters. The lowest BCUT2D eigenvalue weighted by Gasteiger charge is -2.27. The molecule has 0 saturated heterocycles. The van der Waals surface area contributed by atoms with Crippen LogP contribution in [0, 0.1) is 5.82 Å². The molecular formula is C12H16FNO. The average Bonchev–Trinajstić information content (AvgIpc) is 2.22. The van der Waals surface area contributed by atoms with E-state index in [2.05, 4.69) is 5.32 Å². The number of benzene rings is 1. The van der Waals surface area contributed by atoms with Crippen molar-refractivity contribution in [2.45, 2.75) is 37.8 Å². The number of rotatable bonds is 2. The Hall–Kier alpha value is -1.09. The molecule has 1 saturated carbocycles. The summed E-state index contributed by atoms with van der Waals surface area (Å²) in [5, 5.41) is 12.6. The summed E-state index contributed by atoms with van der Waals surface area (Å²) in [5.74, 6) is -0.212. The first kappa shape index (κ1) is 10.4. The Bertz CT molecular complexity index is 321. The molecule has 1 fully saturated rings. The van der Waals surface area contributed by atoms with E-state index in [0.717, 1.165) is 31.4 Å². The van der Waals surface area contributed by atoms with E-state index in [1.54, 1.807) is 6.07 Å². The van der Waals surface area contributed by atoms with Gasteiger partial charge < -0.3 is 10.4 Å². The number of hydrogen-bond donors (Lipinski definition) is 2. The molecule has 1 aliphatic rings. The molecule has 1 aliphatic carbocycles. The minimum absolute atomic E-state index is 0.143. The van der Waals surface area contributed by atoms with Gasteiger partial charge in [-0.3, -0.25) is 0 Å². The summed E-state index contributed by atoms with van der Waals surface area (Å²) < 4.78 is 12.9. The first-order valence-electron chi connectivity index (χ1n) is 5.44. The minimum Gasteiger partial charge on any atom is -0.393 e. The third-order valence-electron chi connectivity index (χ3n) is 2.89. The molecule has 0 radical (unpaired) electrons. The van der Waals surface area contributed by atoms with Crippen LogP contribution in [0.25, 0.3) is 0 Å². The van der Waals surface area contributed by atoms with Crippen LogP contribution in [0.2, 0.25) is 0 Å². The number of halogens is 1. The summed E-state index contributed by atoms with van der Waals surface area (Å²) in [6.45, 7) is 0. The molecule has 0 spiro atoms. The molecule has 1 aromatic carbocycles. The van der Waals surface area contributed by atoms with E-state index in [4.69, 9.17) is 0 Å². The third-order valence-corrected chi connectivity index (χ3v) is 2.89. The summed E-state index contributed by atoms with van der Waals surface area (Å²) in [7, 11) is 0. The summed E-state index contributed by atoms with van der Waals surface area (Å²) >= 11 is 0. The van der Waals surface area contributed by atoms with Gasteiger partial charge in [0, 0.05) is 11.7 Å². The molecule has 0 amide bonds. The lowest BCUT2D eigenvalue weighted by molar-refractivity contribution is 0.126. The molecular weight excluding hydrogens is 193 g/mol. The predicted molar refractivity (Wildman–Crippen MR) is 58.3 cm³/mol. The van der Waals surface area contributed by atoms with Crippen molar-refractivity contribution in [2.75, 3.05) is 5.32 Å². The lowest BCUT2D eigenvalue weighted by Crippen LogP contribution is -2.28. The highest BCUT2D eigenvalue weighted by atomic mass is 19.1. The Morgan fingerprint density at radius 1 is 1.20 bits per heavy atom. The van der Waals surface area contributed by atoms with Gasteiger partial charge >= 0.3 is 0 Å². The van der Waals surface area contributed by atoms with E-state index in [1.807, 2.05) is 6.07 Å². The maximum absolute atomic E-state index is 12.9. The van der Waals surface area contributed by atoms with Crippen LogP contribution in [0.1, 0.15) is 25.7 Å². The summed E-state index contributed by atoms with van der Waals surface area (Å²) in [5.41, 5.74) is 0.830. The fraction of sp³-hybridized carbons (Fsp3) is 0.500. The van der Waals surface area contributed by atoms with Gasteiger partial charge in [-0.25, -0.2) is 4.39 Å². The van der Waals surface area contributed by atoms with Crippen molar-refractivity contribution in [1.29, 1.82) is 0 Å². The van der Waals surface area contributed by atoms with Gasteiger partial charge in [0.1, 0.15) is 5.82 Å². The van der Waals surface area contributed by atoms with Crippen LogP contribution in [-0.2, 0) is 0 Å². The van der Waals surface area contributed by atoms with Crippen LogP contribution in [0.4, 0.5) is 10.1 Å². The maximum Gasteiger partial charge on any atom is 0.125 e. The van der Waals surface area contributed by atoms with Gasteiger partial charge in [0.15, 0.2) is 0 Å². The van der Waals surface area contributed by atoms with Crippen LogP contribution in [0.15, 0.2) is 24.3 Å². The van der Waals surface area contributed by atoms with Crippen LogP contribution >= 0.6 is 0 Å². The van der Waals surface area contributed by atoms with Crippen molar-refractivity contribution in [1.82, 2.24) is 0 Å². The highest BCUT2D eigenvalue weighted by Crippen LogP contribution is 2.22. The normalized spacial score (nSPS) is 26.3. The van der Waals surface area contributed by atoms with Crippen LogP contribution < -0.4 is 5.32 Å². The Kier molecular flexibility index (Phi) is 3.21. The first-order valence-corrected chi connectivity index (χ1v) is 5.44. The highest BCUT2D eigenvalue weighted by molar-refractivity contribution is 5.44. The number of aliphatic hydroxyl groups is 1. The zero-order chi connectivity index (χ0) is 10.7. The number of hydrogen-bond acceptors (Lipinski definition) is 2. The van der Waals surface area contributed by atoms with Crippen molar-refractivity contribution in [3.63, 3.8) is 0 Å². The summed E-state index contributed by atoms with van der Waals surface area (Å²) in [6.07, 6.45) is 3.45. The molecule has 0 aliphatic heterocycles. The maximum atomic E-state index is 12.9. The molecule has 1 aromatic rings. The Morgan fingerprint density at radius 2 is 1.93 bits per heavy atom. The lowest BCUT2D eigenvalue weighted by atomic mass is 9.93. The molecule has 0 unspecified atom stereocenters. The highest BCUT2D eigenvalue weighted by Gasteiger charge is 2.18. The van der Waals surface area contributed by atoms with Crippen LogP contribution in [-0.4, -0.2) is 17.3 Å². The van der Waals surface area contributed by atoms with Crippen molar-refractivity contribution in [3.8, 4) is 0 Å². The van der Waals surface area contributed by atoms with E-state index < -0.39 is 0 Å². The monoisotopic (exact) mass is 209 g/mol. The zero-order valence-electron chi connectivity index (χ0n) is 8.62. The van der Waals surface area contributed by atoms with Gasteiger partial charge in [0.25, 0.3) is 0 Å². The standard InChI is InChI=1S/C12H16FNO/c13-9-2-1-3-11(8-9)14-10-4-6-12(15)7-5-10/h1-3,8,10,12,14-15H,4-7H2. The Morgan fingerprint density at radius 3 is 2.60 bits per heavy atom. The fourth-order valence-corrected chi connectivity index (χ4v) is 2.03. The second kappa shape index (κ2) is 4.62. The first-order chi connectivity index (χ1) is 7.24. The van der Waals surface area contributed by atoms with Gasteiger partial charge in [-0.2, -0.15) is 0 Å². The van der Waals surface area contributed by atoms with Gasteiger partial charge in [0.2, 0.25) is 0 Å². The van der Waals surface area contributed by atoms with Crippen LogP contribution in [0.5, 0.6) is 0 Å². The largest absolute Gasteiger partial charge is 0.393 e. The topological polar surface area (TPSA) is 32.3 Å². The molecule has 0 heterocycles. The van der Waals surface area contributed by atoms with Gasteiger partial charge in [-0.15, -0.1) is 0 Å². The van der Waals surface area contributed by atoms with E-state index in [1.165, 1.54) is 12.1 Å². The zero-order valence-corrected chi connectivity index (χ0v) is 8.62. The van der Waals surface area contributed by atoms with Gasteiger partial charge in [0.05, 0.1) is 6.10 Å². The fourth-order valence-electron chi connectivity index (χ4n) is 2.03. The summed E-state index contributed by atoms with van der Waals surface area (Å²) in [6, 6.07) is 6.89. The quantitative estimate of drug-likeness (QED) is 0.784. The third kappa shape index (κ3) is 2.93. The molecule has 15 heavy (non-hydrogen) atoms. The second-order valence-electron chi connectivity index (χ2n) is 4.16. The predicted octanol–water partition coefficient (Wildman–Crippen LogP) is 2.54. The summed E-state index contributed by atoms with van der Waals surface area (Å²) in [4.78, 5) is 0. The molecule has 0 bridgehead atoms. The van der Waals surface area contributed by atoms with Gasteiger partial charge in [-0.05, 0) is 43.9 Å². The molecule has 2 rings (SSSR count). The van der Waals surface area contributed by atoms with Crippen LogP contribution in [0.3, 0.4) is 0 Å². The van der Waals surface area contributed by atoms with E-state index >= 15 is 0 Å².